The first kappa shape index (κ1) is 10.6. The third-order valence-corrected chi connectivity index (χ3v) is 2.97. The normalized spacial score (nSPS) is 32.5. The largest absolute Gasteiger partial charge is 0.399 e. The van der Waals surface area contributed by atoms with E-state index in [4.69, 9.17) is 4.84 Å². The Morgan fingerprint density at radius 1 is 1.38 bits per heavy atom. The molecule has 0 spiro atoms. The Kier molecular flexibility index (Phi) is 3.76. The van der Waals surface area contributed by atoms with Gasteiger partial charge in [0.05, 0.1) is 5.71 Å². The molecule has 76 valence electrons. The summed E-state index contributed by atoms with van der Waals surface area (Å²) in [4.78, 5) is 4.90. The van der Waals surface area contributed by atoms with Gasteiger partial charge in [0.15, 0.2) is 0 Å². The van der Waals surface area contributed by atoms with Crippen LogP contribution in [0.25, 0.3) is 0 Å². The van der Waals surface area contributed by atoms with Gasteiger partial charge in [-0.15, -0.1) is 0 Å². The summed E-state index contributed by atoms with van der Waals surface area (Å²) in [5, 5.41) is 4.15. The quantitative estimate of drug-likeness (QED) is 0.603. The summed E-state index contributed by atoms with van der Waals surface area (Å²) in [5.74, 6) is 2.13. The van der Waals surface area contributed by atoms with Gasteiger partial charge in [-0.3, -0.25) is 0 Å². The van der Waals surface area contributed by atoms with Crippen molar-refractivity contribution in [2.75, 3.05) is 7.11 Å². The van der Waals surface area contributed by atoms with Gasteiger partial charge in [0, 0.05) is 5.92 Å². The maximum Gasteiger partial charge on any atom is 0.106 e. The molecule has 0 bridgehead atoms. The molecule has 0 saturated heterocycles. The lowest BCUT2D eigenvalue weighted by atomic mass is 9.76. The molecule has 1 fully saturated rings. The molecule has 2 nitrogen and oxygen atoms in total. The lowest BCUT2D eigenvalue weighted by molar-refractivity contribution is 0.203. The third-order valence-electron chi connectivity index (χ3n) is 2.97. The lowest BCUT2D eigenvalue weighted by Crippen LogP contribution is -2.27. The summed E-state index contributed by atoms with van der Waals surface area (Å²) in [6, 6.07) is 0. The summed E-state index contributed by atoms with van der Waals surface area (Å²) in [6.07, 6.45) is 3.74. The van der Waals surface area contributed by atoms with Crippen LogP contribution in [0.3, 0.4) is 0 Å². The number of oxime groups is 1. The smallest absolute Gasteiger partial charge is 0.106 e. The van der Waals surface area contributed by atoms with E-state index >= 15 is 0 Å². The van der Waals surface area contributed by atoms with Gasteiger partial charge in [-0.25, -0.2) is 0 Å². The van der Waals surface area contributed by atoms with Crippen LogP contribution in [0, 0.1) is 17.8 Å². The predicted molar refractivity (Wildman–Crippen MR) is 55.8 cm³/mol. The molecule has 1 aliphatic rings. The van der Waals surface area contributed by atoms with Gasteiger partial charge in [-0.05, 0) is 31.1 Å². The Balaban J connectivity index is 2.66. The Bertz CT molecular complexity index is 187. The molecular weight excluding hydrogens is 162 g/mol. The first-order valence-electron chi connectivity index (χ1n) is 5.25. The molecule has 0 aliphatic heterocycles. The highest BCUT2D eigenvalue weighted by Gasteiger charge is 2.27. The predicted octanol–water partition coefficient (Wildman–Crippen LogP) is 3.08. The summed E-state index contributed by atoms with van der Waals surface area (Å²) < 4.78 is 0. The molecular formula is C11H21NO. The summed E-state index contributed by atoms with van der Waals surface area (Å²) >= 11 is 0. The zero-order chi connectivity index (χ0) is 9.84. The van der Waals surface area contributed by atoms with E-state index in [9.17, 15) is 0 Å². The third kappa shape index (κ3) is 2.71. The molecule has 0 aromatic carbocycles. The van der Waals surface area contributed by atoms with E-state index in [1.165, 1.54) is 18.6 Å². The fraction of sp³-hybridized carbons (Fsp3) is 0.909. The molecule has 1 saturated carbocycles. The van der Waals surface area contributed by atoms with Crippen LogP contribution < -0.4 is 0 Å². The van der Waals surface area contributed by atoms with Gasteiger partial charge >= 0.3 is 0 Å². The number of hydrogen-bond donors (Lipinski definition) is 0. The highest BCUT2D eigenvalue weighted by molar-refractivity contribution is 5.87. The highest BCUT2D eigenvalue weighted by atomic mass is 16.6. The van der Waals surface area contributed by atoms with Crippen molar-refractivity contribution in [2.24, 2.45) is 22.9 Å². The zero-order valence-electron chi connectivity index (χ0n) is 9.21. The van der Waals surface area contributed by atoms with E-state index in [0.717, 1.165) is 12.3 Å². The van der Waals surface area contributed by atoms with E-state index in [2.05, 4.69) is 25.9 Å². The van der Waals surface area contributed by atoms with Crippen LogP contribution >= 0.6 is 0 Å². The highest BCUT2D eigenvalue weighted by Crippen LogP contribution is 2.31. The summed E-state index contributed by atoms with van der Waals surface area (Å²) in [7, 11) is 1.64. The average Bonchev–Trinajstić information content (AvgIpc) is 2.04. The van der Waals surface area contributed by atoms with Gasteiger partial charge in [0.2, 0.25) is 0 Å². The van der Waals surface area contributed by atoms with Crippen LogP contribution in [0.4, 0.5) is 0 Å². The zero-order valence-corrected chi connectivity index (χ0v) is 9.21. The monoisotopic (exact) mass is 183 g/mol. The Hall–Kier alpha value is -0.530. The Morgan fingerprint density at radius 2 is 2.08 bits per heavy atom. The lowest BCUT2D eigenvalue weighted by Gasteiger charge is -2.30. The van der Waals surface area contributed by atoms with Crippen LogP contribution in [0.15, 0.2) is 5.16 Å². The summed E-state index contributed by atoms with van der Waals surface area (Å²) in [6.45, 7) is 6.83. The topological polar surface area (TPSA) is 21.6 Å². The molecule has 1 rings (SSSR count). The van der Waals surface area contributed by atoms with Crippen LogP contribution in [0.1, 0.15) is 40.0 Å². The fourth-order valence-corrected chi connectivity index (χ4v) is 2.18. The SMILES string of the molecule is CO/N=C1\C[C@@H](C)CC[C@H]1C(C)C. The van der Waals surface area contributed by atoms with Crippen LogP contribution in [0.5, 0.6) is 0 Å². The van der Waals surface area contributed by atoms with E-state index in [-0.39, 0.29) is 0 Å². The molecule has 0 aromatic rings. The fourth-order valence-electron chi connectivity index (χ4n) is 2.18. The first-order valence-corrected chi connectivity index (χ1v) is 5.25. The summed E-state index contributed by atoms with van der Waals surface area (Å²) in [5.41, 5.74) is 1.27. The second-order valence-corrected chi connectivity index (χ2v) is 4.50. The van der Waals surface area contributed by atoms with Crippen LogP contribution in [-0.4, -0.2) is 12.8 Å². The van der Waals surface area contributed by atoms with Crippen molar-refractivity contribution < 1.29 is 4.84 Å². The second-order valence-electron chi connectivity index (χ2n) is 4.50. The van der Waals surface area contributed by atoms with Crippen molar-refractivity contribution in [1.82, 2.24) is 0 Å². The van der Waals surface area contributed by atoms with E-state index < -0.39 is 0 Å². The molecule has 2 heteroatoms. The molecule has 2 atom stereocenters. The van der Waals surface area contributed by atoms with Crippen LogP contribution in [-0.2, 0) is 4.84 Å². The molecule has 13 heavy (non-hydrogen) atoms. The minimum Gasteiger partial charge on any atom is -0.399 e. The molecule has 0 heterocycles. The number of rotatable bonds is 2. The first-order chi connectivity index (χ1) is 6.15. The molecule has 0 radical (unpaired) electrons. The molecule has 0 amide bonds. The molecule has 0 aromatic heterocycles. The minimum absolute atomic E-state index is 0.649. The van der Waals surface area contributed by atoms with Crippen molar-refractivity contribution in [1.29, 1.82) is 0 Å². The van der Waals surface area contributed by atoms with E-state index in [1.807, 2.05) is 0 Å². The van der Waals surface area contributed by atoms with E-state index in [1.54, 1.807) is 7.11 Å². The number of nitrogens with zero attached hydrogens (tertiary/aromatic N) is 1. The van der Waals surface area contributed by atoms with Crippen molar-refractivity contribution >= 4 is 5.71 Å². The van der Waals surface area contributed by atoms with Crippen LogP contribution in [0.2, 0.25) is 0 Å². The van der Waals surface area contributed by atoms with Crippen molar-refractivity contribution in [3.8, 4) is 0 Å². The Labute approximate surface area is 81.3 Å². The van der Waals surface area contributed by atoms with Gasteiger partial charge in [-0.1, -0.05) is 25.9 Å². The minimum atomic E-state index is 0.649. The van der Waals surface area contributed by atoms with Gasteiger partial charge in [0.25, 0.3) is 0 Å². The Morgan fingerprint density at radius 3 is 2.62 bits per heavy atom. The van der Waals surface area contributed by atoms with Gasteiger partial charge < -0.3 is 4.84 Å². The number of hydrogen-bond acceptors (Lipinski definition) is 2. The van der Waals surface area contributed by atoms with E-state index in [0.29, 0.717) is 11.8 Å². The standard InChI is InChI=1S/C11H21NO/c1-8(2)10-6-5-9(3)7-11(10)12-13-4/h8-10H,5-7H2,1-4H3/b12-11+/t9-,10-/m0/s1. The maximum absolute atomic E-state index is 4.90. The van der Waals surface area contributed by atoms with Gasteiger partial charge in [-0.2, -0.15) is 0 Å². The molecule has 0 unspecified atom stereocenters. The van der Waals surface area contributed by atoms with Crippen molar-refractivity contribution in [2.45, 2.75) is 40.0 Å². The van der Waals surface area contributed by atoms with Gasteiger partial charge in [0.1, 0.15) is 7.11 Å². The maximum atomic E-state index is 4.90. The molecule has 1 aliphatic carbocycles. The molecule has 0 N–H and O–H groups in total. The average molecular weight is 183 g/mol. The second kappa shape index (κ2) is 4.64. The van der Waals surface area contributed by atoms with Crippen molar-refractivity contribution in [3.63, 3.8) is 0 Å². The van der Waals surface area contributed by atoms with Crippen molar-refractivity contribution in [3.05, 3.63) is 0 Å².